The first-order chi connectivity index (χ1) is 9.36. The number of benzene rings is 1. The molecule has 19 heavy (non-hydrogen) atoms. The van der Waals surface area contributed by atoms with Crippen LogP contribution in [0.15, 0.2) is 24.3 Å². The van der Waals surface area contributed by atoms with Crippen LogP contribution in [0.1, 0.15) is 6.42 Å². The Bertz CT molecular complexity index is 316. The van der Waals surface area contributed by atoms with E-state index in [4.69, 9.17) is 24.7 Å². The first kappa shape index (κ1) is 15.8. The second kappa shape index (κ2) is 10.6. The summed E-state index contributed by atoms with van der Waals surface area (Å²) in [6.07, 6.45) is 0.850. The predicted octanol–water partition coefficient (Wildman–Crippen LogP) is 1.46. The Morgan fingerprint density at radius 3 is 2.11 bits per heavy atom. The van der Waals surface area contributed by atoms with Crippen molar-refractivity contribution in [1.82, 2.24) is 0 Å². The molecule has 1 aromatic rings. The highest BCUT2D eigenvalue weighted by Gasteiger charge is 1.95. The average molecular weight is 269 g/mol. The minimum atomic E-state index is 0.551. The van der Waals surface area contributed by atoms with Gasteiger partial charge in [0.2, 0.25) is 0 Å². The Morgan fingerprint density at radius 1 is 0.842 bits per heavy atom. The minimum Gasteiger partial charge on any atom is -0.497 e. The molecule has 0 fully saturated rings. The van der Waals surface area contributed by atoms with Crippen molar-refractivity contribution in [1.29, 1.82) is 0 Å². The number of hydrogen-bond donors (Lipinski definition) is 1. The summed E-state index contributed by atoms with van der Waals surface area (Å²) in [7, 11) is 1.64. The van der Waals surface area contributed by atoms with E-state index in [0.717, 1.165) is 17.9 Å². The summed E-state index contributed by atoms with van der Waals surface area (Å²) in [4.78, 5) is 0. The molecule has 5 nitrogen and oxygen atoms in total. The van der Waals surface area contributed by atoms with E-state index >= 15 is 0 Å². The number of rotatable bonds is 11. The fourth-order valence-corrected chi connectivity index (χ4v) is 1.43. The van der Waals surface area contributed by atoms with Gasteiger partial charge in [-0.25, -0.2) is 0 Å². The fourth-order valence-electron chi connectivity index (χ4n) is 1.43. The molecule has 1 aromatic carbocycles. The van der Waals surface area contributed by atoms with Crippen LogP contribution in [-0.2, 0) is 9.47 Å². The Labute approximate surface area is 114 Å². The molecule has 0 radical (unpaired) electrons. The monoisotopic (exact) mass is 269 g/mol. The van der Waals surface area contributed by atoms with E-state index in [1.165, 1.54) is 0 Å². The van der Waals surface area contributed by atoms with Crippen LogP contribution in [0.5, 0.6) is 11.5 Å². The maximum absolute atomic E-state index is 5.57. The quantitative estimate of drug-likeness (QED) is 0.616. The predicted molar refractivity (Wildman–Crippen MR) is 73.8 cm³/mol. The van der Waals surface area contributed by atoms with Crippen molar-refractivity contribution in [2.45, 2.75) is 6.42 Å². The zero-order valence-electron chi connectivity index (χ0n) is 11.5. The zero-order valence-corrected chi connectivity index (χ0v) is 11.5. The fraction of sp³-hybridized carbons (Fsp3) is 0.571. The van der Waals surface area contributed by atoms with Gasteiger partial charge in [0, 0.05) is 19.6 Å². The van der Waals surface area contributed by atoms with Gasteiger partial charge in [0.15, 0.2) is 0 Å². The lowest BCUT2D eigenvalue weighted by Gasteiger charge is -2.08. The molecule has 0 unspecified atom stereocenters. The van der Waals surface area contributed by atoms with Crippen molar-refractivity contribution in [3.63, 3.8) is 0 Å². The summed E-state index contributed by atoms with van der Waals surface area (Å²) in [5.41, 5.74) is 5.29. The number of hydrogen-bond acceptors (Lipinski definition) is 5. The molecule has 0 saturated carbocycles. The van der Waals surface area contributed by atoms with E-state index in [1.807, 2.05) is 24.3 Å². The third kappa shape index (κ3) is 7.66. The van der Waals surface area contributed by atoms with E-state index in [1.54, 1.807) is 7.11 Å². The molecule has 0 heterocycles. The molecule has 0 aromatic heterocycles. The van der Waals surface area contributed by atoms with Crippen LogP contribution >= 0.6 is 0 Å². The molecule has 0 bridgehead atoms. The summed E-state index contributed by atoms with van der Waals surface area (Å²) in [5.74, 6) is 1.67. The summed E-state index contributed by atoms with van der Waals surface area (Å²) in [5, 5.41) is 0. The van der Waals surface area contributed by atoms with Crippen LogP contribution in [0, 0.1) is 0 Å². The van der Waals surface area contributed by atoms with Crippen LogP contribution in [0.4, 0.5) is 0 Å². The van der Waals surface area contributed by atoms with E-state index in [-0.39, 0.29) is 0 Å². The minimum absolute atomic E-state index is 0.551. The van der Waals surface area contributed by atoms with Gasteiger partial charge in [-0.3, -0.25) is 0 Å². The van der Waals surface area contributed by atoms with Crippen molar-refractivity contribution in [3.8, 4) is 11.5 Å². The molecule has 0 aliphatic carbocycles. The van der Waals surface area contributed by atoms with Gasteiger partial charge < -0.3 is 24.7 Å². The molecular formula is C14H23NO4. The Kier molecular flexibility index (Phi) is 8.80. The standard InChI is InChI=1S/C14H23NO4/c1-16-13-3-5-14(6-4-13)19-9-2-8-17-11-12-18-10-7-15/h3-6H,2,7-12,15H2,1H3. The summed E-state index contributed by atoms with van der Waals surface area (Å²) >= 11 is 0. The van der Waals surface area contributed by atoms with Crippen molar-refractivity contribution in [3.05, 3.63) is 24.3 Å². The molecular weight excluding hydrogens is 246 g/mol. The average Bonchev–Trinajstić information content (AvgIpc) is 2.46. The molecule has 2 N–H and O–H groups in total. The number of nitrogens with two attached hydrogens (primary N) is 1. The third-order valence-corrected chi connectivity index (χ3v) is 2.40. The molecule has 0 spiro atoms. The SMILES string of the molecule is COc1ccc(OCCCOCCOCCN)cc1. The largest absolute Gasteiger partial charge is 0.497 e. The summed E-state index contributed by atoms with van der Waals surface area (Å²) in [6, 6.07) is 7.53. The second-order valence-electron chi connectivity index (χ2n) is 3.89. The van der Waals surface area contributed by atoms with Crippen LogP contribution in [0.25, 0.3) is 0 Å². The van der Waals surface area contributed by atoms with E-state index < -0.39 is 0 Å². The lowest BCUT2D eigenvalue weighted by molar-refractivity contribution is 0.0463. The first-order valence-electron chi connectivity index (χ1n) is 6.49. The van der Waals surface area contributed by atoms with Crippen LogP contribution < -0.4 is 15.2 Å². The van der Waals surface area contributed by atoms with Gasteiger partial charge >= 0.3 is 0 Å². The van der Waals surface area contributed by atoms with Crippen molar-refractivity contribution < 1.29 is 18.9 Å². The summed E-state index contributed by atoms with van der Waals surface area (Å²) < 4.78 is 21.2. The highest BCUT2D eigenvalue weighted by molar-refractivity contribution is 5.31. The van der Waals surface area contributed by atoms with Crippen molar-refractivity contribution >= 4 is 0 Å². The van der Waals surface area contributed by atoms with E-state index in [2.05, 4.69) is 0 Å². The van der Waals surface area contributed by atoms with E-state index in [9.17, 15) is 0 Å². The third-order valence-electron chi connectivity index (χ3n) is 2.40. The van der Waals surface area contributed by atoms with Gasteiger partial charge in [-0.2, -0.15) is 0 Å². The molecule has 0 aliphatic heterocycles. The van der Waals surface area contributed by atoms with Gasteiger partial charge in [0.25, 0.3) is 0 Å². The van der Waals surface area contributed by atoms with Crippen molar-refractivity contribution in [2.24, 2.45) is 5.73 Å². The Balaban J connectivity index is 1.95. The lowest BCUT2D eigenvalue weighted by atomic mass is 10.3. The van der Waals surface area contributed by atoms with Crippen molar-refractivity contribution in [2.75, 3.05) is 46.7 Å². The molecule has 1 rings (SSSR count). The number of ether oxygens (including phenoxy) is 4. The van der Waals surface area contributed by atoms with Crippen LogP contribution in [0.3, 0.4) is 0 Å². The van der Waals surface area contributed by atoms with Gasteiger partial charge in [-0.1, -0.05) is 0 Å². The molecule has 0 aliphatic rings. The van der Waals surface area contributed by atoms with E-state index in [0.29, 0.717) is 39.6 Å². The molecule has 0 amide bonds. The molecule has 0 atom stereocenters. The second-order valence-corrected chi connectivity index (χ2v) is 3.89. The smallest absolute Gasteiger partial charge is 0.119 e. The Hall–Kier alpha value is -1.30. The Morgan fingerprint density at radius 2 is 1.47 bits per heavy atom. The lowest BCUT2D eigenvalue weighted by Crippen LogP contribution is -2.12. The molecule has 0 saturated heterocycles. The molecule has 108 valence electrons. The van der Waals surface area contributed by atoms with Gasteiger partial charge in [0.1, 0.15) is 11.5 Å². The highest BCUT2D eigenvalue weighted by Crippen LogP contribution is 2.16. The normalized spacial score (nSPS) is 10.4. The van der Waals surface area contributed by atoms with Crippen LogP contribution in [-0.4, -0.2) is 46.7 Å². The first-order valence-corrected chi connectivity index (χ1v) is 6.49. The van der Waals surface area contributed by atoms with Gasteiger partial charge in [-0.05, 0) is 24.3 Å². The molecule has 5 heteroatoms. The zero-order chi connectivity index (χ0) is 13.8. The van der Waals surface area contributed by atoms with Gasteiger partial charge in [-0.15, -0.1) is 0 Å². The highest BCUT2D eigenvalue weighted by atomic mass is 16.5. The number of methoxy groups -OCH3 is 1. The topological polar surface area (TPSA) is 62.9 Å². The maximum atomic E-state index is 5.57. The van der Waals surface area contributed by atoms with Gasteiger partial charge in [0.05, 0.1) is 33.5 Å². The maximum Gasteiger partial charge on any atom is 0.119 e. The summed E-state index contributed by atoms with van der Waals surface area (Å²) in [6.45, 7) is 3.64. The van der Waals surface area contributed by atoms with Crippen LogP contribution in [0.2, 0.25) is 0 Å².